The molecule has 0 spiro atoms. The first-order chi connectivity index (χ1) is 17.0. The summed E-state index contributed by atoms with van der Waals surface area (Å²) < 4.78 is 21.6. The van der Waals surface area contributed by atoms with Crippen LogP contribution in [0.5, 0.6) is 0 Å². The number of aliphatic hydroxyl groups is 2. The Labute approximate surface area is 209 Å². The number of aliphatic hydroxyl groups excluding tert-OH is 2. The predicted molar refractivity (Wildman–Crippen MR) is 127 cm³/mol. The summed E-state index contributed by atoms with van der Waals surface area (Å²) >= 11 is 0. The summed E-state index contributed by atoms with van der Waals surface area (Å²) in [5.41, 5.74) is 1.66. The number of allylic oxidation sites excluding steroid dienone is 1. The van der Waals surface area contributed by atoms with Gasteiger partial charge in [0.15, 0.2) is 5.76 Å². The third-order valence-corrected chi connectivity index (χ3v) is 5.83. The lowest BCUT2D eigenvalue weighted by Crippen LogP contribution is -2.35. The van der Waals surface area contributed by atoms with Crippen molar-refractivity contribution < 1.29 is 48.3 Å². The number of hydrogen-bond donors (Lipinski definition) is 2. The minimum atomic E-state index is -1.11. The van der Waals surface area contributed by atoms with Gasteiger partial charge in [-0.2, -0.15) is 0 Å². The fourth-order valence-electron chi connectivity index (χ4n) is 3.89. The highest BCUT2D eigenvalue weighted by molar-refractivity contribution is 5.92. The molecule has 36 heavy (non-hydrogen) atoms. The maximum absolute atomic E-state index is 13.0. The maximum Gasteiger partial charge on any atom is 0.373 e. The fraction of sp³-hybridized carbons (Fsp3) is 0.462. The topological polar surface area (TPSA) is 146 Å². The molecule has 0 aromatic carbocycles. The van der Waals surface area contributed by atoms with Gasteiger partial charge in [-0.3, -0.25) is 4.79 Å². The number of carbonyl (C=O) groups is 4. The van der Waals surface area contributed by atoms with E-state index in [-0.39, 0.29) is 17.6 Å². The van der Waals surface area contributed by atoms with Gasteiger partial charge in [-0.25, -0.2) is 14.4 Å². The van der Waals surface area contributed by atoms with Gasteiger partial charge in [0.2, 0.25) is 0 Å². The summed E-state index contributed by atoms with van der Waals surface area (Å²) in [4.78, 5) is 48.7. The molecule has 1 saturated heterocycles. The molecule has 4 atom stereocenters. The molecule has 1 aliphatic carbocycles. The standard InChI is InChI=1S/C26H32O10/c1-6-18(13-33-26(32)19(29)9-10-27)25(31)36-21-11-14(2)7-8-20(34-17(5)28)15(3)12-22-23(21)16(4)24(30)35-22/h6-7,9,12,20-23,27,29H,4,8,10-11,13H2,1-3,5H3/b14-7+,15-12-,18-6-,19-9-/t20-,21+,22-,23+/m0/s1. The third kappa shape index (κ3) is 7.42. The Kier molecular flexibility index (Phi) is 10.2. The Bertz CT molecular complexity index is 1030. The predicted octanol–water partition coefficient (Wildman–Crippen LogP) is 2.54. The third-order valence-electron chi connectivity index (χ3n) is 5.83. The van der Waals surface area contributed by atoms with Crippen LogP contribution in [0.1, 0.15) is 40.5 Å². The Hall–Kier alpha value is -3.66. The van der Waals surface area contributed by atoms with E-state index in [0.29, 0.717) is 12.0 Å². The van der Waals surface area contributed by atoms with Crippen molar-refractivity contribution in [2.24, 2.45) is 5.92 Å². The molecule has 0 unspecified atom stereocenters. The second-order valence-corrected chi connectivity index (χ2v) is 8.53. The Morgan fingerprint density at radius 3 is 2.53 bits per heavy atom. The molecule has 0 saturated carbocycles. The van der Waals surface area contributed by atoms with E-state index in [1.165, 1.54) is 13.0 Å². The summed E-state index contributed by atoms with van der Waals surface area (Å²) in [7, 11) is 0. The first kappa shape index (κ1) is 28.6. The van der Waals surface area contributed by atoms with Crippen molar-refractivity contribution in [2.75, 3.05) is 13.2 Å². The molecule has 2 N–H and O–H groups in total. The molecule has 196 valence electrons. The molecule has 1 heterocycles. The van der Waals surface area contributed by atoms with E-state index in [0.717, 1.165) is 11.6 Å². The minimum absolute atomic E-state index is 0.00734. The minimum Gasteiger partial charge on any atom is -0.502 e. The Morgan fingerprint density at radius 1 is 1.22 bits per heavy atom. The second kappa shape index (κ2) is 12.9. The molecule has 1 aliphatic heterocycles. The summed E-state index contributed by atoms with van der Waals surface area (Å²) in [6, 6.07) is 0. The summed E-state index contributed by atoms with van der Waals surface area (Å²) in [6.45, 7) is 9.27. The van der Waals surface area contributed by atoms with E-state index in [2.05, 4.69) is 6.58 Å². The molecule has 10 heteroatoms. The maximum atomic E-state index is 13.0. The molecule has 0 aromatic rings. The number of carbonyl (C=O) groups excluding carboxylic acids is 4. The SMILES string of the molecule is C=C1C(=O)O[C@H]2/C=C(/C)[C@@H](OC(C)=O)C/C=C(\C)C[C@@H](OC(=O)/C(=C\C)COC(=O)/C(O)=C/CO)[C@@H]12. The Morgan fingerprint density at radius 2 is 1.92 bits per heavy atom. The lowest BCUT2D eigenvalue weighted by Gasteiger charge is -2.28. The lowest BCUT2D eigenvalue weighted by atomic mass is 9.85. The van der Waals surface area contributed by atoms with Gasteiger partial charge in [0.05, 0.1) is 18.1 Å². The van der Waals surface area contributed by atoms with Crippen molar-refractivity contribution in [1.29, 1.82) is 0 Å². The van der Waals surface area contributed by atoms with E-state index in [1.54, 1.807) is 19.9 Å². The van der Waals surface area contributed by atoms with Gasteiger partial charge < -0.3 is 29.2 Å². The summed E-state index contributed by atoms with van der Waals surface area (Å²) in [5, 5.41) is 18.2. The van der Waals surface area contributed by atoms with Crippen LogP contribution < -0.4 is 0 Å². The normalized spacial score (nSPS) is 28.0. The highest BCUT2D eigenvalue weighted by atomic mass is 16.6. The van der Waals surface area contributed by atoms with Gasteiger partial charge in [-0.15, -0.1) is 0 Å². The van der Waals surface area contributed by atoms with Crippen LogP contribution in [0.2, 0.25) is 0 Å². The number of ether oxygens (including phenoxy) is 4. The van der Waals surface area contributed by atoms with Crippen molar-refractivity contribution >= 4 is 23.9 Å². The second-order valence-electron chi connectivity index (χ2n) is 8.53. The number of hydrogen-bond acceptors (Lipinski definition) is 10. The van der Waals surface area contributed by atoms with Gasteiger partial charge in [0.25, 0.3) is 0 Å². The Balaban J connectivity index is 2.29. The highest BCUT2D eigenvalue weighted by Gasteiger charge is 2.45. The van der Waals surface area contributed by atoms with Crippen molar-refractivity contribution in [1.82, 2.24) is 0 Å². The smallest absolute Gasteiger partial charge is 0.373 e. The molecule has 1 fully saturated rings. The number of esters is 4. The average Bonchev–Trinajstić information content (AvgIpc) is 3.08. The van der Waals surface area contributed by atoms with Crippen LogP contribution in [0.15, 0.2) is 58.9 Å². The van der Waals surface area contributed by atoms with Gasteiger partial charge in [0.1, 0.15) is 24.9 Å². The molecule has 0 radical (unpaired) electrons. The molecule has 0 aromatic heterocycles. The van der Waals surface area contributed by atoms with Gasteiger partial charge in [0, 0.05) is 25.3 Å². The molecule has 2 rings (SSSR count). The highest BCUT2D eigenvalue weighted by Crippen LogP contribution is 2.36. The first-order valence-corrected chi connectivity index (χ1v) is 11.4. The van der Waals surface area contributed by atoms with E-state index in [1.807, 2.05) is 13.0 Å². The fourth-order valence-corrected chi connectivity index (χ4v) is 3.89. The van der Waals surface area contributed by atoms with Crippen LogP contribution in [0.3, 0.4) is 0 Å². The molecule has 2 aliphatic rings. The summed E-state index contributed by atoms with van der Waals surface area (Å²) in [5.74, 6) is -4.44. The monoisotopic (exact) mass is 504 g/mol. The number of fused-ring (bicyclic) bond motifs is 1. The first-order valence-electron chi connectivity index (χ1n) is 11.4. The molecular formula is C26H32O10. The number of rotatable bonds is 7. The van der Waals surface area contributed by atoms with Crippen molar-refractivity contribution in [3.05, 3.63) is 58.9 Å². The largest absolute Gasteiger partial charge is 0.502 e. The zero-order valence-electron chi connectivity index (χ0n) is 20.8. The zero-order valence-corrected chi connectivity index (χ0v) is 20.8. The molecule has 0 amide bonds. The van der Waals surface area contributed by atoms with Crippen LogP contribution >= 0.6 is 0 Å². The van der Waals surface area contributed by atoms with Gasteiger partial charge >= 0.3 is 23.9 Å². The van der Waals surface area contributed by atoms with Crippen molar-refractivity contribution in [2.45, 2.75) is 58.8 Å². The molecular weight excluding hydrogens is 472 g/mol. The van der Waals surface area contributed by atoms with Crippen LogP contribution in [0.25, 0.3) is 0 Å². The van der Waals surface area contributed by atoms with Crippen molar-refractivity contribution in [3.8, 4) is 0 Å². The van der Waals surface area contributed by atoms with E-state index in [9.17, 15) is 24.3 Å². The lowest BCUT2D eigenvalue weighted by molar-refractivity contribution is -0.149. The van der Waals surface area contributed by atoms with Gasteiger partial charge in [-0.1, -0.05) is 24.3 Å². The average molecular weight is 505 g/mol. The van der Waals surface area contributed by atoms with Crippen LogP contribution in [0, 0.1) is 5.92 Å². The van der Waals surface area contributed by atoms with E-state index in [4.69, 9.17) is 24.1 Å². The van der Waals surface area contributed by atoms with Crippen LogP contribution in [-0.2, 0) is 38.1 Å². The van der Waals surface area contributed by atoms with Gasteiger partial charge in [-0.05, 0) is 38.5 Å². The van der Waals surface area contributed by atoms with E-state index < -0.39 is 67.1 Å². The summed E-state index contributed by atoms with van der Waals surface area (Å²) in [6.07, 6.45) is 4.29. The van der Waals surface area contributed by atoms with Crippen LogP contribution in [-0.4, -0.2) is 65.6 Å². The molecule has 0 bridgehead atoms. The molecule has 10 nitrogen and oxygen atoms in total. The van der Waals surface area contributed by atoms with E-state index >= 15 is 0 Å². The van der Waals surface area contributed by atoms with Crippen LogP contribution in [0.4, 0.5) is 0 Å². The quantitative estimate of drug-likeness (QED) is 0.174. The van der Waals surface area contributed by atoms with Crippen molar-refractivity contribution in [3.63, 3.8) is 0 Å². The zero-order chi connectivity index (χ0) is 27.0.